The lowest BCUT2D eigenvalue weighted by Crippen LogP contribution is -2.51. The number of fused-ring (bicyclic) bond motifs is 1. The first kappa shape index (κ1) is 16.3. The van der Waals surface area contributed by atoms with E-state index in [2.05, 4.69) is 15.2 Å². The third-order valence-electron chi connectivity index (χ3n) is 5.11. The number of likely N-dealkylation sites (tertiary alicyclic amines) is 1. The van der Waals surface area contributed by atoms with Crippen molar-refractivity contribution in [2.24, 2.45) is 0 Å². The first-order chi connectivity index (χ1) is 12.0. The zero-order valence-corrected chi connectivity index (χ0v) is 14.4. The van der Waals surface area contributed by atoms with Crippen molar-refractivity contribution in [3.63, 3.8) is 0 Å². The first-order valence-electron chi connectivity index (χ1n) is 8.90. The van der Waals surface area contributed by atoms with Gasteiger partial charge in [0, 0.05) is 13.1 Å². The molecule has 0 saturated carbocycles. The van der Waals surface area contributed by atoms with Crippen molar-refractivity contribution in [2.45, 2.75) is 57.6 Å². The second-order valence-corrected chi connectivity index (χ2v) is 7.15. The minimum absolute atomic E-state index is 0.0389. The van der Waals surface area contributed by atoms with Gasteiger partial charge in [0.25, 0.3) is 5.91 Å². The number of piperidine rings is 1. The Hall–Kier alpha value is -2.22. The van der Waals surface area contributed by atoms with E-state index in [-0.39, 0.29) is 18.9 Å². The summed E-state index contributed by atoms with van der Waals surface area (Å²) in [6.45, 7) is 3.55. The molecule has 2 aliphatic heterocycles. The lowest BCUT2D eigenvalue weighted by Gasteiger charge is -2.38. The number of carbonyl (C=O) groups excluding carboxylic acids is 1. The maximum Gasteiger partial charge on any atom is 0.257 e. The molecule has 1 fully saturated rings. The zero-order chi connectivity index (χ0) is 17.4. The summed E-state index contributed by atoms with van der Waals surface area (Å²) in [5.74, 6) is 0.925. The average Bonchev–Trinajstić information content (AvgIpc) is 3.20. The van der Waals surface area contributed by atoms with E-state index in [0.717, 1.165) is 37.9 Å². The second-order valence-electron chi connectivity index (χ2n) is 7.15. The number of hydrogen-bond acceptors (Lipinski definition) is 6. The maximum absolute atomic E-state index is 13.0. The third-order valence-corrected chi connectivity index (χ3v) is 5.11. The van der Waals surface area contributed by atoms with Crippen molar-refractivity contribution >= 4 is 5.91 Å². The fourth-order valence-corrected chi connectivity index (χ4v) is 3.89. The molecule has 2 aromatic rings. The van der Waals surface area contributed by atoms with Crippen LogP contribution in [0.4, 0.5) is 0 Å². The number of carbonyl (C=O) groups is 1. The molecule has 0 aliphatic carbocycles. The summed E-state index contributed by atoms with van der Waals surface area (Å²) < 4.78 is 7.08. The van der Waals surface area contributed by atoms with Crippen molar-refractivity contribution in [2.75, 3.05) is 13.1 Å². The lowest BCUT2D eigenvalue weighted by atomic mass is 9.89. The fraction of sp³-hybridized carbons (Fsp3) is 0.647. The molecule has 0 radical (unpaired) electrons. The van der Waals surface area contributed by atoms with Gasteiger partial charge in [-0.25, -0.2) is 0 Å². The molecule has 8 nitrogen and oxygen atoms in total. The highest BCUT2D eigenvalue weighted by atomic mass is 16.5. The topological polar surface area (TPSA) is 97.3 Å². The van der Waals surface area contributed by atoms with E-state index in [1.807, 2.05) is 4.68 Å². The van der Waals surface area contributed by atoms with E-state index in [4.69, 9.17) is 4.52 Å². The van der Waals surface area contributed by atoms with Crippen LogP contribution >= 0.6 is 0 Å². The smallest absolute Gasteiger partial charge is 0.257 e. The summed E-state index contributed by atoms with van der Waals surface area (Å²) >= 11 is 0. The van der Waals surface area contributed by atoms with Gasteiger partial charge >= 0.3 is 0 Å². The molecule has 1 N–H and O–H groups in total. The van der Waals surface area contributed by atoms with Crippen molar-refractivity contribution in [1.82, 2.24) is 24.8 Å². The van der Waals surface area contributed by atoms with Crippen LogP contribution in [0.5, 0.6) is 0 Å². The third kappa shape index (κ3) is 3.18. The van der Waals surface area contributed by atoms with Crippen LogP contribution in [0.15, 0.2) is 10.7 Å². The number of amides is 1. The van der Waals surface area contributed by atoms with Gasteiger partial charge in [-0.15, -0.1) is 0 Å². The summed E-state index contributed by atoms with van der Waals surface area (Å²) in [6.07, 6.45) is 6.40. The highest BCUT2D eigenvalue weighted by Crippen LogP contribution is 2.27. The molecule has 4 heterocycles. The van der Waals surface area contributed by atoms with Crippen LogP contribution in [0.25, 0.3) is 0 Å². The summed E-state index contributed by atoms with van der Waals surface area (Å²) in [5, 5.41) is 19.1. The van der Waals surface area contributed by atoms with Crippen molar-refractivity contribution < 1.29 is 14.4 Å². The number of hydrogen-bond donors (Lipinski definition) is 1. The van der Waals surface area contributed by atoms with Gasteiger partial charge in [-0.3, -0.25) is 9.48 Å². The fourth-order valence-electron chi connectivity index (χ4n) is 3.89. The van der Waals surface area contributed by atoms with Crippen LogP contribution in [0.3, 0.4) is 0 Å². The van der Waals surface area contributed by atoms with E-state index < -0.39 is 5.60 Å². The minimum Gasteiger partial charge on any atom is -0.388 e. The van der Waals surface area contributed by atoms with Crippen LogP contribution in [-0.4, -0.2) is 54.5 Å². The Kier molecular flexibility index (Phi) is 4.07. The van der Waals surface area contributed by atoms with Crippen molar-refractivity contribution in [1.29, 1.82) is 0 Å². The highest BCUT2D eigenvalue weighted by molar-refractivity contribution is 5.95. The van der Waals surface area contributed by atoms with E-state index >= 15 is 0 Å². The molecule has 1 atom stereocenters. The van der Waals surface area contributed by atoms with Crippen LogP contribution in [0.1, 0.15) is 53.5 Å². The maximum atomic E-state index is 13.0. The van der Waals surface area contributed by atoms with E-state index in [0.29, 0.717) is 30.2 Å². The van der Waals surface area contributed by atoms with Gasteiger partial charge in [0.05, 0.1) is 36.0 Å². The van der Waals surface area contributed by atoms with Gasteiger partial charge in [-0.05, 0) is 39.0 Å². The minimum atomic E-state index is -1.03. The normalized spacial score (nSPS) is 23.5. The van der Waals surface area contributed by atoms with Crippen LogP contribution in [0, 0.1) is 6.92 Å². The second kappa shape index (κ2) is 6.25. The molecule has 2 aliphatic rings. The number of β-amino-alcohol motifs (C(OH)–C–C–N with tert-alkyl or cyclic N) is 1. The Labute approximate surface area is 145 Å². The molecule has 1 saturated heterocycles. The number of nitrogens with zero attached hydrogens (tertiary/aromatic N) is 5. The SMILES string of the molecule is Cc1noc(CC2(O)CCCN(C(=O)c3cnn4c3CCCC4)C2)n1. The van der Waals surface area contributed by atoms with Gasteiger partial charge in [0.15, 0.2) is 5.82 Å². The van der Waals surface area contributed by atoms with E-state index in [1.54, 1.807) is 18.0 Å². The Morgan fingerprint density at radius 3 is 3.04 bits per heavy atom. The molecule has 1 unspecified atom stereocenters. The van der Waals surface area contributed by atoms with Crippen LogP contribution in [0.2, 0.25) is 0 Å². The summed E-state index contributed by atoms with van der Waals surface area (Å²) in [5.41, 5.74) is 0.676. The molecule has 134 valence electrons. The van der Waals surface area contributed by atoms with Crippen molar-refractivity contribution in [3.8, 4) is 0 Å². The summed E-state index contributed by atoms with van der Waals surface area (Å²) in [4.78, 5) is 18.9. The Morgan fingerprint density at radius 1 is 1.36 bits per heavy atom. The largest absolute Gasteiger partial charge is 0.388 e. The zero-order valence-electron chi connectivity index (χ0n) is 14.4. The monoisotopic (exact) mass is 345 g/mol. The van der Waals surface area contributed by atoms with Crippen LogP contribution < -0.4 is 0 Å². The predicted molar refractivity (Wildman–Crippen MR) is 88.0 cm³/mol. The number of aromatic nitrogens is 4. The number of aliphatic hydroxyl groups is 1. The first-order valence-corrected chi connectivity index (χ1v) is 8.90. The van der Waals surface area contributed by atoms with Gasteiger partial charge in [0.1, 0.15) is 0 Å². The molecule has 8 heteroatoms. The van der Waals surface area contributed by atoms with E-state index in [1.165, 1.54) is 0 Å². The molecule has 0 spiro atoms. The Balaban J connectivity index is 1.50. The molecule has 1 amide bonds. The van der Waals surface area contributed by atoms with Gasteiger partial charge < -0.3 is 14.5 Å². The summed E-state index contributed by atoms with van der Waals surface area (Å²) in [7, 11) is 0. The quantitative estimate of drug-likeness (QED) is 0.895. The molecular formula is C17H23N5O3. The van der Waals surface area contributed by atoms with Gasteiger partial charge in [-0.1, -0.05) is 5.16 Å². The van der Waals surface area contributed by atoms with E-state index in [9.17, 15) is 9.90 Å². The van der Waals surface area contributed by atoms with Crippen LogP contribution in [-0.2, 0) is 19.4 Å². The Bertz CT molecular complexity index is 783. The number of rotatable bonds is 3. The lowest BCUT2D eigenvalue weighted by molar-refractivity contribution is -0.0287. The molecule has 4 rings (SSSR count). The molecule has 0 aromatic carbocycles. The predicted octanol–water partition coefficient (Wildman–Crippen LogP) is 1.12. The molecular weight excluding hydrogens is 322 g/mol. The van der Waals surface area contributed by atoms with Crippen molar-refractivity contribution in [3.05, 3.63) is 29.2 Å². The average molecular weight is 345 g/mol. The molecule has 2 aromatic heterocycles. The van der Waals surface area contributed by atoms with Gasteiger partial charge in [-0.2, -0.15) is 10.1 Å². The molecule has 0 bridgehead atoms. The molecule has 25 heavy (non-hydrogen) atoms. The Morgan fingerprint density at radius 2 is 2.24 bits per heavy atom. The van der Waals surface area contributed by atoms with Gasteiger partial charge in [0.2, 0.25) is 5.89 Å². The highest BCUT2D eigenvalue weighted by Gasteiger charge is 2.38. The summed E-state index contributed by atoms with van der Waals surface area (Å²) in [6, 6.07) is 0. The number of aryl methyl sites for hydroxylation is 2. The standard InChI is InChI=1S/C17H23N5O3/c1-12-19-15(25-20-12)9-17(24)6-4-7-21(11-17)16(23)13-10-18-22-8-3-2-5-14(13)22/h10,24H,2-9,11H2,1H3.